The van der Waals surface area contributed by atoms with E-state index < -0.39 is 6.10 Å². The third-order valence-electron chi connectivity index (χ3n) is 4.01. The summed E-state index contributed by atoms with van der Waals surface area (Å²) in [7, 11) is 0. The molecule has 3 N–H and O–H groups in total. The van der Waals surface area contributed by atoms with Gasteiger partial charge < -0.3 is 29.5 Å². The zero-order valence-electron chi connectivity index (χ0n) is 16.0. The second kappa shape index (κ2) is 8.87. The molecule has 156 valence electrons. The number of aromatic hydroxyl groups is 2. The lowest BCUT2D eigenvalue weighted by Gasteiger charge is -2.14. The van der Waals surface area contributed by atoms with E-state index in [1.54, 1.807) is 48.6 Å². The summed E-state index contributed by atoms with van der Waals surface area (Å²) in [5.74, 6) is -0.0838. The molecule has 1 heterocycles. The number of nitrogens with zero attached hydrogens (tertiary/aromatic N) is 3. The minimum Gasteiger partial charge on any atom is -0.508 e. The van der Waals surface area contributed by atoms with Crippen molar-refractivity contribution in [3.05, 3.63) is 84.7 Å². The minimum atomic E-state index is -0.853. The molecule has 0 bridgehead atoms. The number of hydrogen-bond acceptors (Lipinski definition) is 9. The van der Waals surface area contributed by atoms with E-state index in [1.807, 2.05) is 0 Å². The van der Waals surface area contributed by atoms with Crippen LogP contribution in [0.2, 0.25) is 0 Å². The fourth-order valence-corrected chi connectivity index (χ4v) is 2.54. The summed E-state index contributed by atoms with van der Waals surface area (Å²) >= 11 is 0. The highest BCUT2D eigenvalue weighted by Gasteiger charge is 2.19. The zero-order chi connectivity index (χ0) is 21.6. The van der Waals surface area contributed by atoms with Crippen molar-refractivity contribution in [1.82, 2.24) is 15.0 Å². The van der Waals surface area contributed by atoms with Gasteiger partial charge in [0.1, 0.15) is 5.76 Å². The first-order valence-electron chi connectivity index (χ1n) is 9.17. The van der Waals surface area contributed by atoms with Gasteiger partial charge in [-0.3, -0.25) is 0 Å². The molecule has 1 aromatic heterocycles. The van der Waals surface area contributed by atoms with Gasteiger partial charge in [-0.05, 0) is 36.4 Å². The van der Waals surface area contributed by atoms with Crippen LogP contribution in [-0.2, 0) is 0 Å². The van der Waals surface area contributed by atoms with Gasteiger partial charge in [0.05, 0.1) is 0 Å². The van der Waals surface area contributed by atoms with E-state index >= 15 is 0 Å². The van der Waals surface area contributed by atoms with E-state index in [0.29, 0.717) is 0 Å². The summed E-state index contributed by atoms with van der Waals surface area (Å²) in [6, 6.07) is 11.9. The van der Waals surface area contributed by atoms with Crippen molar-refractivity contribution in [2.45, 2.75) is 6.10 Å². The van der Waals surface area contributed by atoms with Crippen LogP contribution in [0.4, 0.5) is 0 Å². The van der Waals surface area contributed by atoms with E-state index in [2.05, 4.69) is 15.0 Å². The largest absolute Gasteiger partial charge is 0.508 e. The van der Waals surface area contributed by atoms with Crippen LogP contribution in [0.5, 0.6) is 41.0 Å². The molecular formula is C22H17N3O6. The summed E-state index contributed by atoms with van der Waals surface area (Å²) in [6.07, 6.45) is 7.31. The summed E-state index contributed by atoms with van der Waals surface area (Å²) in [6.45, 7) is 0. The lowest BCUT2D eigenvalue weighted by Crippen LogP contribution is -2.18. The second-order valence-electron chi connectivity index (χ2n) is 6.22. The average Bonchev–Trinajstić information content (AvgIpc) is 2.95. The molecule has 0 amide bonds. The van der Waals surface area contributed by atoms with Crippen LogP contribution in [0.3, 0.4) is 0 Å². The third-order valence-corrected chi connectivity index (χ3v) is 4.01. The predicted molar refractivity (Wildman–Crippen MR) is 110 cm³/mol. The van der Waals surface area contributed by atoms with Crippen LogP contribution in [0.15, 0.2) is 84.7 Å². The minimum absolute atomic E-state index is 0.0586. The van der Waals surface area contributed by atoms with Crippen LogP contribution in [0, 0.1) is 0 Å². The lowest BCUT2D eigenvalue weighted by atomic mass is 10.3. The molecule has 1 aliphatic rings. The third kappa shape index (κ3) is 4.91. The number of para-hydroxylation sites is 4. The van der Waals surface area contributed by atoms with Crippen LogP contribution >= 0.6 is 0 Å². The number of rotatable bonds is 6. The topological polar surface area (TPSA) is 127 Å². The van der Waals surface area contributed by atoms with Crippen LogP contribution in [0.25, 0.3) is 0 Å². The van der Waals surface area contributed by atoms with E-state index in [-0.39, 0.29) is 46.8 Å². The monoisotopic (exact) mass is 419 g/mol. The molecule has 1 aliphatic carbocycles. The molecule has 0 fully saturated rings. The van der Waals surface area contributed by atoms with Gasteiger partial charge in [-0.25, -0.2) is 0 Å². The maximum absolute atomic E-state index is 10.1. The van der Waals surface area contributed by atoms with Gasteiger partial charge in [0.25, 0.3) is 0 Å². The molecule has 0 radical (unpaired) electrons. The van der Waals surface area contributed by atoms with Gasteiger partial charge in [-0.2, -0.15) is 0 Å². The number of aromatic nitrogens is 3. The molecule has 1 unspecified atom stereocenters. The van der Waals surface area contributed by atoms with Gasteiger partial charge in [0.2, 0.25) is 0 Å². The van der Waals surface area contributed by atoms with E-state index in [0.717, 1.165) is 0 Å². The van der Waals surface area contributed by atoms with Crippen molar-refractivity contribution in [2.75, 3.05) is 0 Å². The smallest absolute Gasteiger partial charge is 0.331 e. The van der Waals surface area contributed by atoms with Crippen molar-refractivity contribution in [3.8, 4) is 41.0 Å². The molecule has 2 aromatic carbocycles. The maximum Gasteiger partial charge on any atom is 0.331 e. The fraction of sp³-hybridized carbons (Fsp3) is 0.0455. The summed E-state index contributed by atoms with van der Waals surface area (Å²) in [4.78, 5) is 12.2. The maximum atomic E-state index is 10.1. The molecule has 0 saturated heterocycles. The van der Waals surface area contributed by atoms with E-state index in [4.69, 9.17) is 14.2 Å². The summed E-state index contributed by atoms with van der Waals surface area (Å²) in [5.41, 5.74) is 0. The summed E-state index contributed by atoms with van der Waals surface area (Å²) < 4.78 is 16.8. The van der Waals surface area contributed by atoms with Crippen molar-refractivity contribution in [3.63, 3.8) is 0 Å². The Labute approximate surface area is 176 Å². The molecule has 9 nitrogen and oxygen atoms in total. The van der Waals surface area contributed by atoms with Crippen LogP contribution in [0.1, 0.15) is 0 Å². The molecular weight excluding hydrogens is 402 g/mol. The van der Waals surface area contributed by atoms with Crippen LogP contribution in [-0.4, -0.2) is 36.4 Å². The number of phenolic OH excluding ortho intramolecular Hbond substituents is 2. The fourth-order valence-electron chi connectivity index (χ4n) is 2.54. The number of allylic oxidation sites excluding steroid dienone is 4. The second-order valence-corrected chi connectivity index (χ2v) is 6.22. The van der Waals surface area contributed by atoms with Crippen molar-refractivity contribution in [2.24, 2.45) is 0 Å². The lowest BCUT2D eigenvalue weighted by molar-refractivity contribution is 0.194. The average molecular weight is 419 g/mol. The molecule has 4 rings (SSSR count). The van der Waals surface area contributed by atoms with Crippen molar-refractivity contribution in [1.29, 1.82) is 0 Å². The Morgan fingerprint density at radius 1 is 0.645 bits per heavy atom. The Bertz CT molecular complexity index is 1110. The highest BCUT2D eigenvalue weighted by molar-refractivity contribution is 5.41. The van der Waals surface area contributed by atoms with Gasteiger partial charge in [0, 0.05) is 0 Å². The first-order valence-corrected chi connectivity index (χ1v) is 9.17. The Kier molecular flexibility index (Phi) is 5.66. The Morgan fingerprint density at radius 2 is 1.19 bits per heavy atom. The van der Waals surface area contributed by atoms with Gasteiger partial charge >= 0.3 is 18.0 Å². The standard InChI is InChI=1S/C22H17N3O6/c26-14-8-2-1-3-11-17(14)29-20-23-21(30-18-12-6-4-9-15(18)27)25-22(24-20)31-19-13-7-5-10-16(19)28/h1-13,17,26-28H. The Hall–Kier alpha value is -4.53. The van der Waals surface area contributed by atoms with Gasteiger partial charge in [-0.1, -0.05) is 42.5 Å². The number of benzene rings is 2. The Morgan fingerprint density at radius 3 is 1.77 bits per heavy atom. The molecule has 0 aliphatic heterocycles. The molecule has 31 heavy (non-hydrogen) atoms. The van der Waals surface area contributed by atoms with Gasteiger partial charge in [-0.15, -0.1) is 15.0 Å². The normalized spacial score (nSPS) is 15.1. The molecule has 9 heteroatoms. The van der Waals surface area contributed by atoms with Crippen molar-refractivity contribution >= 4 is 0 Å². The first-order chi connectivity index (χ1) is 15.1. The zero-order valence-corrected chi connectivity index (χ0v) is 16.0. The summed E-state index contributed by atoms with van der Waals surface area (Å²) in [5, 5.41) is 30.0. The predicted octanol–water partition coefficient (Wildman–Crippen LogP) is 4.18. The number of aliphatic hydroxyl groups is 1. The number of aliphatic hydroxyl groups excluding tert-OH is 1. The number of hydrogen-bond donors (Lipinski definition) is 3. The number of phenols is 2. The van der Waals surface area contributed by atoms with E-state index in [9.17, 15) is 15.3 Å². The quantitative estimate of drug-likeness (QED) is 0.539. The van der Waals surface area contributed by atoms with Crippen molar-refractivity contribution < 1.29 is 29.5 Å². The highest BCUT2D eigenvalue weighted by atomic mass is 16.5. The Balaban J connectivity index is 1.67. The SMILES string of the molecule is OC1=CC=CC=CC1Oc1nc(Oc2ccccc2O)nc(Oc2ccccc2O)n1. The molecule has 1 atom stereocenters. The first kappa shape index (κ1) is 19.8. The molecule has 3 aromatic rings. The molecule has 0 saturated carbocycles. The highest BCUT2D eigenvalue weighted by Crippen LogP contribution is 2.32. The number of ether oxygens (including phenoxy) is 3. The molecule has 0 spiro atoms. The van der Waals surface area contributed by atoms with Crippen LogP contribution < -0.4 is 14.2 Å². The van der Waals surface area contributed by atoms with Gasteiger partial charge in [0.15, 0.2) is 29.1 Å². The van der Waals surface area contributed by atoms with E-state index in [1.165, 1.54) is 30.3 Å².